The van der Waals surface area contributed by atoms with Crippen LogP contribution in [0.5, 0.6) is 0 Å². The van der Waals surface area contributed by atoms with E-state index >= 15 is 0 Å². The van der Waals surface area contributed by atoms with Crippen molar-refractivity contribution in [2.75, 3.05) is 13.1 Å². The van der Waals surface area contributed by atoms with Gasteiger partial charge in [0.2, 0.25) is 0 Å². The number of hydrogen-bond acceptors (Lipinski definition) is 3. The minimum Gasteiger partial charge on any atom is -0.478 e. The third-order valence-electron chi connectivity index (χ3n) is 4.07. The number of likely N-dealkylation sites (tertiary alicyclic amines) is 1. The van der Waals surface area contributed by atoms with E-state index in [1.807, 2.05) is 0 Å². The summed E-state index contributed by atoms with van der Waals surface area (Å²) < 4.78 is 0. The Balaban J connectivity index is 2.12. The number of carboxylic acids is 1. The molecule has 2 rings (SSSR count). The molecule has 1 unspecified atom stereocenters. The van der Waals surface area contributed by atoms with Crippen LogP contribution in [-0.2, 0) is 0 Å². The van der Waals surface area contributed by atoms with Crippen molar-refractivity contribution in [3.63, 3.8) is 0 Å². The van der Waals surface area contributed by atoms with Crippen LogP contribution in [0.15, 0.2) is 18.3 Å². The maximum atomic E-state index is 12.5. The molecule has 1 saturated heterocycles. The number of carbonyl (C=O) groups is 2. The van der Waals surface area contributed by atoms with Crippen LogP contribution in [0.1, 0.15) is 59.9 Å². The van der Waals surface area contributed by atoms with Gasteiger partial charge in [0.05, 0.1) is 5.56 Å². The first-order chi connectivity index (χ1) is 10.1. The molecule has 0 bridgehead atoms. The Labute approximate surface area is 125 Å². The number of pyridine rings is 1. The Morgan fingerprint density at radius 3 is 2.90 bits per heavy atom. The summed E-state index contributed by atoms with van der Waals surface area (Å²) in [7, 11) is 0. The predicted molar refractivity (Wildman–Crippen MR) is 79.3 cm³/mol. The first kappa shape index (κ1) is 15.5. The lowest BCUT2D eigenvalue weighted by molar-refractivity contribution is 0.0673. The summed E-state index contributed by atoms with van der Waals surface area (Å²) >= 11 is 0. The molecule has 1 atom stereocenters. The summed E-state index contributed by atoms with van der Waals surface area (Å²) in [5, 5.41) is 9.17. The quantitative estimate of drug-likeness (QED) is 0.925. The van der Waals surface area contributed by atoms with Gasteiger partial charge in [0.25, 0.3) is 5.91 Å². The van der Waals surface area contributed by atoms with E-state index in [-0.39, 0.29) is 17.2 Å². The fraction of sp³-hybridized carbons (Fsp3) is 0.562. The Morgan fingerprint density at radius 1 is 1.38 bits per heavy atom. The summed E-state index contributed by atoms with van der Waals surface area (Å²) in [6.45, 7) is 3.56. The van der Waals surface area contributed by atoms with E-state index in [0.717, 1.165) is 19.3 Å². The molecule has 0 aromatic carbocycles. The lowest BCUT2D eigenvalue weighted by Crippen LogP contribution is -2.33. The Kier molecular flexibility index (Phi) is 5.31. The average Bonchev–Trinajstić information content (AvgIpc) is 2.72. The number of carbonyl (C=O) groups excluding carboxylic acids is 1. The highest BCUT2D eigenvalue weighted by atomic mass is 16.4. The number of aromatic carboxylic acids is 1. The van der Waals surface area contributed by atoms with E-state index in [0.29, 0.717) is 19.0 Å². The molecule has 21 heavy (non-hydrogen) atoms. The van der Waals surface area contributed by atoms with E-state index < -0.39 is 5.97 Å². The van der Waals surface area contributed by atoms with Gasteiger partial charge in [-0.3, -0.25) is 9.78 Å². The summed E-state index contributed by atoms with van der Waals surface area (Å²) in [6, 6.07) is 2.97. The molecule has 0 spiro atoms. The molecule has 1 amide bonds. The monoisotopic (exact) mass is 290 g/mol. The van der Waals surface area contributed by atoms with Gasteiger partial charge in [-0.1, -0.05) is 19.8 Å². The van der Waals surface area contributed by atoms with Gasteiger partial charge in [-0.05, 0) is 37.3 Å². The van der Waals surface area contributed by atoms with Crippen LogP contribution in [0, 0.1) is 5.92 Å². The normalized spacial score (nSPS) is 19.1. The molecule has 0 aliphatic carbocycles. The minimum atomic E-state index is -1.11. The van der Waals surface area contributed by atoms with Gasteiger partial charge >= 0.3 is 5.97 Å². The standard InChI is InChI=1S/C16H22N2O3/c1-2-5-12-6-4-10-18(11-8-12)15(19)14-13(16(20)21)7-3-9-17-14/h3,7,9,12H,2,4-6,8,10-11H2,1H3,(H,20,21). The zero-order valence-electron chi connectivity index (χ0n) is 12.4. The molecule has 1 aromatic heterocycles. The van der Waals surface area contributed by atoms with Crippen molar-refractivity contribution in [1.29, 1.82) is 0 Å². The van der Waals surface area contributed by atoms with Crippen molar-refractivity contribution in [2.45, 2.75) is 39.0 Å². The van der Waals surface area contributed by atoms with Crippen molar-refractivity contribution in [2.24, 2.45) is 5.92 Å². The molecule has 1 aromatic rings. The van der Waals surface area contributed by atoms with Crippen molar-refractivity contribution < 1.29 is 14.7 Å². The lowest BCUT2D eigenvalue weighted by atomic mass is 9.96. The lowest BCUT2D eigenvalue weighted by Gasteiger charge is -2.20. The Morgan fingerprint density at radius 2 is 2.19 bits per heavy atom. The number of rotatable bonds is 4. The van der Waals surface area contributed by atoms with E-state index in [1.54, 1.807) is 11.0 Å². The van der Waals surface area contributed by atoms with Crippen molar-refractivity contribution in [3.05, 3.63) is 29.6 Å². The summed E-state index contributed by atoms with van der Waals surface area (Å²) in [6.07, 6.45) is 6.96. The first-order valence-corrected chi connectivity index (χ1v) is 7.61. The van der Waals surface area contributed by atoms with E-state index in [2.05, 4.69) is 11.9 Å². The fourth-order valence-corrected chi connectivity index (χ4v) is 2.96. The second kappa shape index (κ2) is 7.20. The predicted octanol–water partition coefficient (Wildman–Crippen LogP) is 2.82. The highest BCUT2D eigenvalue weighted by Crippen LogP contribution is 2.23. The van der Waals surface area contributed by atoms with Gasteiger partial charge in [0.1, 0.15) is 5.69 Å². The van der Waals surface area contributed by atoms with E-state index in [4.69, 9.17) is 5.11 Å². The van der Waals surface area contributed by atoms with Crippen molar-refractivity contribution in [1.82, 2.24) is 9.88 Å². The SMILES string of the molecule is CCCC1CCCN(C(=O)c2ncccc2C(=O)O)CC1. The second-order valence-corrected chi connectivity index (χ2v) is 5.58. The van der Waals surface area contributed by atoms with Gasteiger partial charge in [-0.2, -0.15) is 0 Å². The smallest absolute Gasteiger partial charge is 0.338 e. The molecule has 1 fully saturated rings. The zero-order valence-corrected chi connectivity index (χ0v) is 12.4. The van der Waals surface area contributed by atoms with Gasteiger partial charge in [-0.15, -0.1) is 0 Å². The zero-order chi connectivity index (χ0) is 15.2. The van der Waals surface area contributed by atoms with Gasteiger partial charge in [-0.25, -0.2) is 4.79 Å². The molecular weight excluding hydrogens is 268 g/mol. The van der Waals surface area contributed by atoms with Gasteiger partial charge in [0, 0.05) is 19.3 Å². The van der Waals surface area contributed by atoms with Crippen LogP contribution in [-0.4, -0.2) is 40.0 Å². The van der Waals surface area contributed by atoms with E-state index in [1.165, 1.54) is 25.1 Å². The molecule has 1 aliphatic rings. The van der Waals surface area contributed by atoms with Gasteiger partial charge < -0.3 is 10.0 Å². The molecule has 0 saturated carbocycles. The molecule has 2 heterocycles. The largest absolute Gasteiger partial charge is 0.478 e. The third-order valence-corrected chi connectivity index (χ3v) is 4.07. The number of aromatic nitrogens is 1. The van der Waals surface area contributed by atoms with Crippen molar-refractivity contribution >= 4 is 11.9 Å². The van der Waals surface area contributed by atoms with Crippen LogP contribution in [0.4, 0.5) is 0 Å². The first-order valence-electron chi connectivity index (χ1n) is 7.61. The Bertz CT molecular complexity index is 516. The molecule has 114 valence electrons. The highest BCUT2D eigenvalue weighted by molar-refractivity contribution is 6.03. The molecular formula is C16H22N2O3. The van der Waals surface area contributed by atoms with Crippen LogP contribution in [0.2, 0.25) is 0 Å². The molecule has 1 N–H and O–H groups in total. The fourth-order valence-electron chi connectivity index (χ4n) is 2.96. The Hall–Kier alpha value is -1.91. The summed E-state index contributed by atoms with van der Waals surface area (Å²) in [5.41, 5.74) is 0.0378. The van der Waals surface area contributed by atoms with Gasteiger partial charge in [0.15, 0.2) is 0 Å². The maximum Gasteiger partial charge on any atom is 0.338 e. The van der Waals surface area contributed by atoms with Crippen LogP contribution in [0.3, 0.4) is 0 Å². The number of nitrogens with zero attached hydrogens (tertiary/aromatic N) is 2. The highest BCUT2D eigenvalue weighted by Gasteiger charge is 2.25. The number of carboxylic acid groups (broad SMARTS) is 1. The minimum absolute atomic E-state index is 0.0168. The summed E-state index contributed by atoms with van der Waals surface area (Å²) in [5.74, 6) is -0.689. The van der Waals surface area contributed by atoms with Crippen LogP contribution < -0.4 is 0 Å². The van der Waals surface area contributed by atoms with Crippen LogP contribution >= 0.6 is 0 Å². The summed E-state index contributed by atoms with van der Waals surface area (Å²) in [4.78, 5) is 29.5. The third kappa shape index (κ3) is 3.80. The molecule has 0 radical (unpaired) electrons. The maximum absolute atomic E-state index is 12.5. The average molecular weight is 290 g/mol. The second-order valence-electron chi connectivity index (χ2n) is 5.58. The van der Waals surface area contributed by atoms with Crippen molar-refractivity contribution in [3.8, 4) is 0 Å². The topological polar surface area (TPSA) is 70.5 Å². The van der Waals surface area contributed by atoms with Crippen LogP contribution in [0.25, 0.3) is 0 Å². The molecule has 5 nitrogen and oxygen atoms in total. The molecule has 1 aliphatic heterocycles. The molecule has 5 heteroatoms. The number of amides is 1. The van der Waals surface area contributed by atoms with E-state index in [9.17, 15) is 9.59 Å². The number of hydrogen-bond donors (Lipinski definition) is 1.